The Labute approximate surface area is 97.8 Å². The van der Waals surface area contributed by atoms with Crippen LogP contribution in [0.25, 0.3) is 0 Å². The van der Waals surface area contributed by atoms with E-state index in [4.69, 9.17) is 0 Å². The minimum Gasteiger partial charge on any atom is -0.354 e. The van der Waals surface area contributed by atoms with Crippen molar-refractivity contribution in [3.05, 3.63) is 0 Å². The lowest BCUT2D eigenvalue weighted by Crippen LogP contribution is -2.41. The van der Waals surface area contributed by atoms with Crippen molar-refractivity contribution in [3.63, 3.8) is 0 Å². The van der Waals surface area contributed by atoms with Gasteiger partial charge in [0.15, 0.2) is 0 Å². The van der Waals surface area contributed by atoms with Crippen LogP contribution >= 0.6 is 12.6 Å². The van der Waals surface area contributed by atoms with Gasteiger partial charge in [0.05, 0.1) is 0 Å². The molecule has 0 aromatic heterocycles. The van der Waals surface area contributed by atoms with Crippen molar-refractivity contribution < 1.29 is 4.79 Å². The van der Waals surface area contributed by atoms with Gasteiger partial charge in [0.1, 0.15) is 0 Å². The van der Waals surface area contributed by atoms with E-state index in [9.17, 15) is 4.79 Å². The molecule has 0 saturated carbocycles. The van der Waals surface area contributed by atoms with E-state index in [1.807, 2.05) is 0 Å². The van der Waals surface area contributed by atoms with Crippen molar-refractivity contribution >= 4 is 18.5 Å². The molecule has 0 aromatic rings. The van der Waals surface area contributed by atoms with Crippen LogP contribution in [0, 0.1) is 5.41 Å². The van der Waals surface area contributed by atoms with Gasteiger partial charge in [0, 0.05) is 24.3 Å². The molecular weight excluding hydrogens is 208 g/mol. The van der Waals surface area contributed by atoms with Crippen molar-refractivity contribution in [1.82, 2.24) is 10.6 Å². The van der Waals surface area contributed by atoms with Crippen LogP contribution < -0.4 is 10.6 Å². The Morgan fingerprint density at radius 2 is 2.20 bits per heavy atom. The van der Waals surface area contributed by atoms with E-state index in [2.05, 4.69) is 44.0 Å². The van der Waals surface area contributed by atoms with Crippen molar-refractivity contribution in [1.29, 1.82) is 0 Å². The van der Waals surface area contributed by atoms with Gasteiger partial charge in [0.2, 0.25) is 5.91 Å². The Morgan fingerprint density at radius 1 is 1.53 bits per heavy atom. The van der Waals surface area contributed by atoms with Crippen LogP contribution in [-0.2, 0) is 4.79 Å². The lowest BCUT2D eigenvalue weighted by Gasteiger charge is -2.20. The molecule has 1 saturated heterocycles. The summed E-state index contributed by atoms with van der Waals surface area (Å²) in [4.78, 5) is 11.6. The van der Waals surface area contributed by atoms with E-state index >= 15 is 0 Å². The highest BCUT2D eigenvalue weighted by molar-refractivity contribution is 7.81. The molecule has 2 atom stereocenters. The smallest absolute Gasteiger partial charge is 0.220 e. The van der Waals surface area contributed by atoms with Crippen LogP contribution in [0.1, 0.15) is 33.6 Å². The first-order valence-electron chi connectivity index (χ1n) is 5.57. The lowest BCUT2D eigenvalue weighted by molar-refractivity contribution is -0.122. The number of carbonyl (C=O) groups excluding carboxylic acids is 1. The fourth-order valence-electron chi connectivity index (χ4n) is 1.73. The Kier molecular flexibility index (Phi) is 4.46. The van der Waals surface area contributed by atoms with Crippen LogP contribution in [-0.4, -0.2) is 30.3 Å². The maximum absolute atomic E-state index is 11.6. The molecule has 1 heterocycles. The van der Waals surface area contributed by atoms with Crippen molar-refractivity contribution in [3.8, 4) is 0 Å². The molecule has 0 bridgehead atoms. The summed E-state index contributed by atoms with van der Waals surface area (Å²) in [7, 11) is 0. The van der Waals surface area contributed by atoms with Gasteiger partial charge in [-0.05, 0) is 18.4 Å². The average molecular weight is 230 g/mol. The topological polar surface area (TPSA) is 41.1 Å². The highest BCUT2D eigenvalue weighted by Gasteiger charge is 2.24. The maximum atomic E-state index is 11.6. The molecule has 2 N–H and O–H groups in total. The van der Waals surface area contributed by atoms with E-state index in [0.29, 0.717) is 24.3 Å². The van der Waals surface area contributed by atoms with Crippen LogP contribution in [0.3, 0.4) is 0 Å². The third-order valence-corrected chi connectivity index (χ3v) is 3.14. The minimum absolute atomic E-state index is 0.0630. The summed E-state index contributed by atoms with van der Waals surface area (Å²) in [5.41, 5.74) is 0.0630. The van der Waals surface area contributed by atoms with Crippen LogP contribution in [0.2, 0.25) is 0 Å². The molecule has 15 heavy (non-hydrogen) atoms. The Morgan fingerprint density at radius 3 is 2.67 bits per heavy atom. The Bertz CT molecular complexity index is 225. The molecule has 1 aliphatic rings. The molecular formula is C11H22N2OS. The summed E-state index contributed by atoms with van der Waals surface area (Å²) in [6, 6.07) is 0.331. The third kappa shape index (κ3) is 4.89. The zero-order valence-electron chi connectivity index (χ0n) is 9.84. The van der Waals surface area contributed by atoms with E-state index in [1.54, 1.807) is 0 Å². The first-order valence-corrected chi connectivity index (χ1v) is 6.08. The van der Waals surface area contributed by atoms with Gasteiger partial charge in [-0.15, -0.1) is 0 Å². The van der Waals surface area contributed by atoms with E-state index < -0.39 is 0 Å². The summed E-state index contributed by atoms with van der Waals surface area (Å²) in [6.07, 6.45) is 1.67. The molecule has 1 aliphatic heterocycles. The number of carbonyl (C=O) groups is 1. The highest BCUT2D eigenvalue weighted by Crippen LogP contribution is 2.18. The summed E-state index contributed by atoms with van der Waals surface area (Å²) >= 11 is 4.46. The van der Waals surface area contributed by atoms with Gasteiger partial charge in [0.25, 0.3) is 0 Å². The van der Waals surface area contributed by atoms with Gasteiger partial charge in [-0.25, -0.2) is 0 Å². The minimum atomic E-state index is 0.0630. The fourth-order valence-corrected chi connectivity index (χ4v) is 2.07. The predicted molar refractivity (Wildman–Crippen MR) is 66.3 cm³/mol. The van der Waals surface area contributed by atoms with Crippen molar-refractivity contribution in [2.45, 2.75) is 44.9 Å². The third-order valence-electron chi connectivity index (χ3n) is 2.52. The predicted octanol–water partition coefficient (Wildman–Crippen LogP) is 1.20. The van der Waals surface area contributed by atoms with Gasteiger partial charge in [-0.3, -0.25) is 4.79 Å². The summed E-state index contributed by atoms with van der Waals surface area (Å²) < 4.78 is 0. The number of rotatable bonds is 3. The maximum Gasteiger partial charge on any atom is 0.220 e. The van der Waals surface area contributed by atoms with Gasteiger partial charge in [-0.1, -0.05) is 20.8 Å². The first kappa shape index (κ1) is 12.8. The van der Waals surface area contributed by atoms with E-state index in [-0.39, 0.29) is 11.3 Å². The zero-order valence-corrected chi connectivity index (χ0v) is 10.7. The average Bonchev–Trinajstić information content (AvgIpc) is 2.44. The zero-order chi connectivity index (χ0) is 11.5. The highest BCUT2D eigenvalue weighted by atomic mass is 32.1. The lowest BCUT2D eigenvalue weighted by atomic mass is 9.92. The second-order valence-corrected chi connectivity index (χ2v) is 6.12. The normalized spacial score (nSPS) is 26.7. The molecule has 0 radical (unpaired) electrons. The number of hydrogen-bond donors (Lipinski definition) is 3. The van der Waals surface area contributed by atoms with Gasteiger partial charge in [-0.2, -0.15) is 12.6 Å². The number of nitrogens with one attached hydrogen (secondary N) is 2. The summed E-state index contributed by atoms with van der Waals surface area (Å²) in [5.74, 6) is 0.136. The van der Waals surface area contributed by atoms with Gasteiger partial charge < -0.3 is 10.6 Å². The molecule has 4 heteroatoms. The largest absolute Gasteiger partial charge is 0.354 e. The Balaban J connectivity index is 2.22. The van der Waals surface area contributed by atoms with Crippen LogP contribution in [0.5, 0.6) is 0 Å². The second kappa shape index (κ2) is 5.21. The van der Waals surface area contributed by atoms with Gasteiger partial charge >= 0.3 is 0 Å². The van der Waals surface area contributed by atoms with Crippen molar-refractivity contribution in [2.24, 2.45) is 5.41 Å². The molecule has 1 fully saturated rings. The molecule has 2 unspecified atom stereocenters. The van der Waals surface area contributed by atoms with E-state index in [1.165, 1.54) is 0 Å². The number of amides is 1. The van der Waals surface area contributed by atoms with Crippen LogP contribution in [0.15, 0.2) is 0 Å². The fraction of sp³-hybridized carbons (Fsp3) is 0.909. The quantitative estimate of drug-likeness (QED) is 0.638. The first-order chi connectivity index (χ1) is 6.88. The monoisotopic (exact) mass is 230 g/mol. The molecule has 0 aromatic carbocycles. The second-order valence-electron chi connectivity index (χ2n) is 5.46. The molecule has 3 nitrogen and oxygen atoms in total. The summed E-state index contributed by atoms with van der Waals surface area (Å²) in [6.45, 7) is 7.92. The summed E-state index contributed by atoms with van der Waals surface area (Å²) in [5, 5.41) is 6.67. The molecule has 1 rings (SSSR count). The SMILES string of the molecule is CC(C)(C)CC(=O)NCC1NCCC1S. The van der Waals surface area contributed by atoms with Crippen LogP contribution in [0.4, 0.5) is 0 Å². The molecule has 88 valence electrons. The number of hydrogen-bond acceptors (Lipinski definition) is 3. The number of thiol groups is 1. The molecule has 0 aliphatic carbocycles. The van der Waals surface area contributed by atoms with E-state index in [0.717, 1.165) is 13.0 Å². The Hall–Kier alpha value is -0.220. The molecule has 0 spiro atoms. The molecule has 1 amide bonds. The van der Waals surface area contributed by atoms with Crippen molar-refractivity contribution in [2.75, 3.05) is 13.1 Å². The standard InChI is InChI=1S/C11H22N2OS/c1-11(2,3)6-10(14)13-7-8-9(15)4-5-12-8/h8-9,12,15H,4-7H2,1-3H3,(H,13,14).